The standard InChI is InChI=1S/C8H8O3.C6H8N2/c1-11-7-4-2-6(3-5-7)8(9)10;1-5-3-2-4-6(7)8-5/h2-5H,1H3,(H,9,10);2-4H,1H3,(H2,7,8). The molecule has 0 atom stereocenters. The van der Waals surface area contributed by atoms with Gasteiger partial charge in [0.05, 0.1) is 18.8 Å². The summed E-state index contributed by atoms with van der Waals surface area (Å²) in [5.41, 5.74) is 6.65. The molecule has 0 unspecified atom stereocenters. The van der Waals surface area contributed by atoms with E-state index in [-0.39, 0.29) is 5.56 Å². The summed E-state index contributed by atoms with van der Waals surface area (Å²) < 4.78 is 4.84. The summed E-state index contributed by atoms with van der Waals surface area (Å²) in [7, 11) is 1.52. The zero-order chi connectivity index (χ0) is 14.3. The Balaban J connectivity index is 0.000000200. The van der Waals surface area contributed by atoms with Crippen molar-refractivity contribution in [3.8, 4) is 5.75 Å². The average Bonchev–Trinajstić information content (AvgIpc) is 2.39. The summed E-state index contributed by atoms with van der Waals surface area (Å²) in [6, 6.07) is 11.7. The van der Waals surface area contributed by atoms with E-state index in [1.165, 1.54) is 19.2 Å². The van der Waals surface area contributed by atoms with E-state index < -0.39 is 5.97 Å². The van der Waals surface area contributed by atoms with Crippen LogP contribution in [0.15, 0.2) is 42.5 Å². The molecule has 0 aliphatic rings. The van der Waals surface area contributed by atoms with Gasteiger partial charge in [-0.2, -0.15) is 0 Å². The molecule has 0 spiro atoms. The number of methoxy groups -OCH3 is 1. The number of hydrogen-bond acceptors (Lipinski definition) is 4. The smallest absolute Gasteiger partial charge is 0.270 e. The molecule has 0 aliphatic carbocycles. The average molecular weight is 260 g/mol. The molecule has 0 saturated heterocycles. The van der Waals surface area contributed by atoms with Gasteiger partial charge in [0.1, 0.15) is 5.75 Å². The van der Waals surface area contributed by atoms with E-state index in [0.717, 1.165) is 5.69 Å². The highest BCUT2D eigenvalue weighted by Gasteiger charge is 1.92. The minimum absolute atomic E-state index is 0.158. The van der Waals surface area contributed by atoms with Gasteiger partial charge in [0.15, 0.2) is 0 Å². The highest BCUT2D eigenvalue weighted by molar-refractivity contribution is 5.85. The lowest BCUT2D eigenvalue weighted by Crippen LogP contribution is -2.21. The van der Waals surface area contributed by atoms with Crippen LogP contribution < -0.4 is 20.6 Å². The SMILES string of the molecule is COc1ccc(C(=O)[O-])cc1.Cc1cccc(N)[nH+]1. The second kappa shape index (κ2) is 7.00. The number of pyridine rings is 1. The molecule has 0 aliphatic heterocycles. The first kappa shape index (κ1) is 14.5. The first-order valence-corrected chi connectivity index (χ1v) is 5.62. The van der Waals surface area contributed by atoms with Crippen LogP contribution in [0.3, 0.4) is 0 Å². The predicted molar refractivity (Wildman–Crippen MR) is 69.5 cm³/mol. The van der Waals surface area contributed by atoms with E-state index in [1.807, 2.05) is 25.1 Å². The van der Waals surface area contributed by atoms with Crippen molar-refractivity contribution in [3.05, 3.63) is 53.7 Å². The van der Waals surface area contributed by atoms with Gasteiger partial charge in [-0.15, -0.1) is 0 Å². The van der Waals surface area contributed by atoms with Crippen LogP contribution in [-0.4, -0.2) is 13.1 Å². The lowest BCUT2D eigenvalue weighted by atomic mass is 10.2. The zero-order valence-corrected chi connectivity index (χ0v) is 10.8. The molecule has 1 aromatic heterocycles. The molecule has 2 aromatic rings. The van der Waals surface area contributed by atoms with E-state index in [9.17, 15) is 9.90 Å². The highest BCUT2D eigenvalue weighted by Crippen LogP contribution is 2.10. The largest absolute Gasteiger partial charge is 0.545 e. The molecule has 0 saturated carbocycles. The maximum Gasteiger partial charge on any atom is 0.270 e. The van der Waals surface area contributed by atoms with Gasteiger partial charge >= 0.3 is 0 Å². The molecule has 100 valence electrons. The fraction of sp³-hybridized carbons (Fsp3) is 0.143. The molecule has 0 amide bonds. The van der Waals surface area contributed by atoms with Crippen LogP contribution in [0.4, 0.5) is 5.82 Å². The van der Waals surface area contributed by atoms with Crippen molar-refractivity contribution in [2.45, 2.75) is 6.92 Å². The lowest BCUT2D eigenvalue weighted by molar-refractivity contribution is -0.370. The highest BCUT2D eigenvalue weighted by atomic mass is 16.5. The van der Waals surface area contributed by atoms with Crippen molar-refractivity contribution in [2.75, 3.05) is 12.8 Å². The summed E-state index contributed by atoms with van der Waals surface area (Å²) in [5, 5.41) is 10.2. The fourth-order valence-corrected chi connectivity index (χ4v) is 1.33. The Morgan fingerprint density at radius 2 is 1.84 bits per heavy atom. The van der Waals surface area contributed by atoms with Crippen molar-refractivity contribution in [1.82, 2.24) is 0 Å². The molecule has 3 N–H and O–H groups in total. The third-order valence-corrected chi connectivity index (χ3v) is 2.29. The summed E-state index contributed by atoms with van der Waals surface area (Å²) in [5.74, 6) is 0.174. The minimum Gasteiger partial charge on any atom is -0.545 e. The van der Waals surface area contributed by atoms with Crippen LogP contribution >= 0.6 is 0 Å². The number of carbonyl (C=O) groups excluding carboxylic acids is 1. The number of carbonyl (C=O) groups is 1. The quantitative estimate of drug-likeness (QED) is 0.849. The Hall–Kier alpha value is -2.56. The van der Waals surface area contributed by atoms with Gasteiger partial charge < -0.3 is 14.6 Å². The van der Waals surface area contributed by atoms with Crippen LogP contribution in [0, 0.1) is 6.92 Å². The summed E-state index contributed by atoms with van der Waals surface area (Å²) in [6.07, 6.45) is 0. The summed E-state index contributed by atoms with van der Waals surface area (Å²) >= 11 is 0. The third-order valence-electron chi connectivity index (χ3n) is 2.29. The van der Waals surface area contributed by atoms with Gasteiger partial charge in [0, 0.05) is 6.07 Å². The molecule has 0 fully saturated rings. The first-order valence-electron chi connectivity index (χ1n) is 5.62. The molecule has 2 rings (SSSR count). The van der Waals surface area contributed by atoms with Crippen LogP contribution in [0.1, 0.15) is 16.1 Å². The second-order valence-corrected chi connectivity index (χ2v) is 3.81. The number of nitrogens with one attached hydrogen (secondary N) is 1. The number of aromatic nitrogens is 1. The monoisotopic (exact) mass is 260 g/mol. The Morgan fingerprint density at radius 3 is 2.21 bits per heavy atom. The van der Waals surface area contributed by atoms with E-state index in [0.29, 0.717) is 11.6 Å². The number of rotatable bonds is 2. The fourth-order valence-electron chi connectivity index (χ4n) is 1.33. The van der Waals surface area contributed by atoms with Crippen LogP contribution in [-0.2, 0) is 0 Å². The van der Waals surface area contributed by atoms with E-state index in [2.05, 4.69) is 4.98 Å². The minimum atomic E-state index is -1.17. The van der Waals surface area contributed by atoms with Gasteiger partial charge in [-0.1, -0.05) is 6.07 Å². The summed E-state index contributed by atoms with van der Waals surface area (Å²) in [6.45, 7) is 1.97. The van der Waals surface area contributed by atoms with E-state index >= 15 is 0 Å². The number of carboxylic acid groups (broad SMARTS) is 1. The van der Waals surface area contributed by atoms with Crippen molar-refractivity contribution in [2.24, 2.45) is 0 Å². The van der Waals surface area contributed by atoms with Gasteiger partial charge in [-0.25, -0.2) is 4.98 Å². The number of hydrogen-bond donors (Lipinski definition) is 1. The van der Waals surface area contributed by atoms with Gasteiger partial charge in [0.2, 0.25) is 0 Å². The second-order valence-electron chi connectivity index (χ2n) is 3.81. The van der Waals surface area contributed by atoms with Gasteiger partial charge in [-0.05, 0) is 42.8 Å². The molecular formula is C14H16N2O3. The molecule has 0 radical (unpaired) electrons. The van der Waals surface area contributed by atoms with Crippen molar-refractivity contribution < 1.29 is 19.6 Å². The molecular weight excluding hydrogens is 244 g/mol. The number of H-pyrrole nitrogens is 1. The number of nitrogen functional groups attached to an aromatic ring is 1. The van der Waals surface area contributed by atoms with Crippen LogP contribution in [0.5, 0.6) is 5.75 Å². The maximum absolute atomic E-state index is 10.2. The Morgan fingerprint density at radius 1 is 1.21 bits per heavy atom. The number of aromatic carboxylic acids is 1. The number of aryl methyl sites for hydroxylation is 1. The Labute approximate surface area is 111 Å². The number of ether oxygens (including phenoxy) is 1. The predicted octanol–water partition coefficient (Wildman–Crippen LogP) is 0.450. The molecule has 19 heavy (non-hydrogen) atoms. The number of aromatic amines is 1. The van der Waals surface area contributed by atoms with Gasteiger partial charge in [0.25, 0.3) is 5.82 Å². The molecule has 5 heteroatoms. The molecule has 0 bridgehead atoms. The Bertz CT molecular complexity index is 521. The normalized spacial score (nSPS) is 9.16. The maximum atomic E-state index is 10.2. The van der Waals surface area contributed by atoms with Crippen LogP contribution in [0.25, 0.3) is 0 Å². The lowest BCUT2D eigenvalue weighted by Gasteiger charge is -2.02. The van der Waals surface area contributed by atoms with E-state index in [4.69, 9.17) is 10.5 Å². The molecule has 5 nitrogen and oxygen atoms in total. The van der Waals surface area contributed by atoms with Crippen LogP contribution in [0.2, 0.25) is 0 Å². The summed E-state index contributed by atoms with van der Waals surface area (Å²) in [4.78, 5) is 13.2. The topological polar surface area (TPSA) is 89.5 Å². The number of benzene rings is 1. The van der Waals surface area contributed by atoms with E-state index in [1.54, 1.807) is 12.1 Å². The number of nitrogens with two attached hydrogens (primary N) is 1. The Kier molecular flexibility index (Phi) is 5.35. The van der Waals surface area contributed by atoms with Gasteiger partial charge in [-0.3, -0.25) is 5.73 Å². The van der Waals surface area contributed by atoms with Crippen molar-refractivity contribution in [3.63, 3.8) is 0 Å². The van der Waals surface area contributed by atoms with Crippen molar-refractivity contribution >= 4 is 11.8 Å². The number of anilines is 1. The third kappa shape index (κ3) is 5.08. The first-order chi connectivity index (χ1) is 9.02. The molecule has 1 aromatic carbocycles. The van der Waals surface area contributed by atoms with Crippen molar-refractivity contribution in [1.29, 1.82) is 0 Å². The molecule has 1 heterocycles. The zero-order valence-electron chi connectivity index (χ0n) is 10.8. The number of carboxylic acids is 1.